The van der Waals surface area contributed by atoms with Gasteiger partial charge in [-0.25, -0.2) is 4.79 Å². The zero-order valence-corrected chi connectivity index (χ0v) is 10.9. The molecule has 1 fully saturated rings. The Labute approximate surface area is 109 Å². The number of nitrogens with two attached hydrogens (primary N) is 1. The lowest BCUT2D eigenvalue weighted by atomic mass is 9.97. The Bertz CT molecular complexity index is 593. The van der Waals surface area contributed by atoms with Gasteiger partial charge in [-0.3, -0.25) is 14.3 Å². The molecule has 2 heterocycles. The number of aliphatic hydroxyl groups is 1. The smallest absolute Gasteiger partial charge is 0.329 e. The van der Waals surface area contributed by atoms with Crippen molar-refractivity contribution in [2.24, 2.45) is 7.05 Å². The number of H-pyrrole nitrogens is 1. The summed E-state index contributed by atoms with van der Waals surface area (Å²) in [5.74, 6) is 0.0314. The zero-order valence-electron chi connectivity index (χ0n) is 10.9. The van der Waals surface area contributed by atoms with Gasteiger partial charge in [0.15, 0.2) is 0 Å². The number of rotatable bonds is 3. The highest BCUT2D eigenvalue weighted by atomic mass is 16.5. The fourth-order valence-electron chi connectivity index (χ4n) is 2.05. The predicted octanol–water partition coefficient (Wildman–Crippen LogP) is -1.39. The maximum absolute atomic E-state index is 11.7. The van der Waals surface area contributed by atoms with Gasteiger partial charge in [0.25, 0.3) is 5.56 Å². The molecule has 1 aliphatic heterocycles. The van der Waals surface area contributed by atoms with Gasteiger partial charge in [-0.2, -0.15) is 0 Å². The van der Waals surface area contributed by atoms with Crippen LogP contribution in [0, 0.1) is 0 Å². The van der Waals surface area contributed by atoms with Gasteiger partial charge in [0.2, 0.25) is 0 Å². The van der Waals surface area contributed by atoms with Gasteiger partial charge in [-0.05, 0) is 6.92 Å². The lowest BCUT2D eigenvalue weighted by Crippen LogP contribution is -2.44. The van der Waals surface area contributed by atoms with Crippen molar-refractivity contribution in [2.45, 2.75) is 25.0 Å². The second-order valence-electron chi connectivity index (χ2n) is 4.80. The van der Waals surface area contributed by atoms with Crippen molar-refractivity contribution in [1.82, 2.24) is 9.55 Å². The maximum atomic E-state index is 11.7. The second kappa shape index (κ2) is 4.71. The fourth-order valence-corrected chi connectivity index (χ4v) is 2.05. The largest absolute Gasteiger partial charge is 0.385 e. The lowest BCUT2D eigenvalue weighted by Gasteiger charge is -2.26. The third-order valence-corrected chi connectivity index (χ3v) is 3.60. The van der Waals surface area contributed by atoms with Crippen LogP contribution in [-0.2, 0) is 11.8 Å². The van der Waals surface area contributed by atoms with Gasteiger partial charge in [0.1, 0.15) is 17.1 Å². The third kappa shape index (κ3) is 2.36. The molecule has 0 amide bonds. The van der Waals surface area contributed by atoms with Crippen LogP contribution in [0.4, 0.5) is 11.5 Å². The van der Waals surface area contributed by atoms with E-state index in [1.165, 1.54) is 7.05 Å². The van der Waals surface area contributed by atoms with E-state index >= 15 is 0 Å². The highest BCUT2D eigenvalue weighted by Crippen LogP contribution is 2.26. The average molecular weight is 270 g/mol. The highest BCUT2D eigenvalue weighted by molar-refractivity contribution is 5.60. The van der Waals surface area contributed by atoms with Crippen molar-refractivity contribution in [3.05, 3.63) is 20.8 Å². The molecule has 0 aliphatic carbocycles. The zero-order chi connectivity index (χ0) is 14.2. The molecular weight excluding hydrogens is 252 g/mol. The number of nitrogen functional groups attached to an aromatic ring is 1. The number of ether oxygens (including phenoxy) is 1. The van der Waals surface area contributed by atoms with E-state index in [1.807, 2.05) is 0 Å². The van der Waals surface area contributed by atoms with Crippen LogP contribution in [0.15, 0.2) is 9.59 Å². The second-order valence-corrected chi connectivity index (χ2v) is 4.80. The first-order valence-corrected chi connectivity index (χ1v) is 6.02. The molecule has 5 N–H and O–H groups in total. The molecule has 0 radical (unpaired) electrons. The minimum Gasteiger partial charge on any atom is -0.385 e. The van der Waals surface area contributed by atoms with E-state index in [2.05, 4.69) is 10.3 Å². The topological polar surface area (TPSA) is 122 Å². The van der Waals surface area contributed by atoms with Crippen molar-refractivity contribution in [3.63, 3.8) is 0 Å². The van der Waals surface area contributed by atoms with Gasteiger partial charge >= 0.3 is 5.69 Å². The van der Waals surface area contributed by atoms with Crippen LogP contribution in [0.5, 0.6) is 0 Å². The highest BCUT2D eigenvalue weighted by Gasteiger charge is 2.39. The summed E-state index contributed by atoms with van der Waals surface area (Å²) >= 11 is 0. The monoisotopic (exact) mass is 270 g/mol. The molecule has 1 saturated heterocycles. The van der Waals surface area contributed by atoms with Gasteiger partial charge in [-0.1, -0.05) is 0 Å². The standard InChI is InChI=1S/C11H18N4O4/c1-6-11(18,3-4-19-6)5-13-7-8(12)15(2)10(17)14-9(7)16/h6,13,18H,3-5,12H2,1-2H3,(H,14,16,17). The summed E-state index contributed by atoms with van der Waals surface area (Å²) in [5.41, 5.74) is 3.56. The van der Waals surface area contributed by atoms with Gasteiger partial charge < -0.3 is 20.9 Å². The lowest BCUT2D eigenvalue weighted by molar-refractivity contribution is -0.0176. The first-order chi connectivity index (χ1) is 8.85. The number of aromatic nitrogens is 2. The average Bonchev–Trinajstić information content (AvgIpc) is 2.67. The quantitative estimate of drug-likeness (QED) is 0.536. The van der Waals surface area contributed by atoms with Gasteiger partial charge in [0.05, 0.1) is 6.10 Å². The van der Waals surface area contributed by atoms with Crippen LogP contribution in [0.25, 0.3) is 0 Å². The molecule has 0 bridgehead atoms. The van der Waals surface area contributed by atoms with Crippen molar-refractivity contribution in [3.8, 4) is 0 Å². The summed E-state index contributed by atoms with van der Waals surface area (Å²) in [4.78, 5) is 25.1. The molecule has 8 heteroatoms. The molecule has 1 aliphatic rings. The van der Waals surface area contributed by atoms with Crippen molar-refractivity contribution < 1.29 is 9.84 Å². The minimum absolute atomic E-state index is 0.0314. The van der Waals surface area contributed by atoms with E-state index in [0.717, 1.165) is 4.57 Å². The Kier molecular flexibility index (Phi) is 3.38. The Morgan fingerprint density at radius 2 is 2.32 bits per heavy atom. The van der Waals surface area contributed by atoms with E-state index in [4.69, 9.17) is 10.5 Å². The van der Waals surface area contributed by atoms with Crippen molar-refractivity contribution >= 4 is 11.5 Å². The van der Waals surface area contributed by atoms with Crippen LogP contribution in [-0.4, -0.2) is 39.5 Å². The van der Waals surface area contributed by atoms with E-state index in [-0.39, 0.29) is 24.2 Å². The molecule has 8 nitrogen and oxygen atoms in total. The first kappa shape index (κ1) is 13.6. The van der Waals surface area contributed by atoms with E-state index in [1.54, 1.807) is 6.92 Å². The predicted molar refractivity (Wildman–Crippen MR) is 70.2 cm³/mol. The fraction of sp³-hybridized carbons (Fsp3) is 0.636. The van der Waals surface area contributed by atoms with Gasteiger partial charge in [0, 0.05) is 26.6 Å². The van der Waals surface area contributed by atoms with Crippen LogP contribution in [0.2, 0.25) is 0 Å². The molecule has 2 rings (SSSR count). The summed E-state index contributed by atoms with van der Waals surface area (Å²) in [6.07, 6.45) is 0.151. The molecule has 1 aromatic heterocycles. The molecule has 106 valence electrons. The Morgan fingerprint density at radius 1 is 1.63 bits per heavy atom. The van der Waals surface area contributed by atoms with E-state index in [9.17, 15) is 14.7 Å². The molecule has 0 saturated carbocycles. The molecule has 0 spiro atoms. The summed E-state index contributed by atoms with van der Waals surface area (Å²) in [7, 11) is 1.45. The van der Waals surface area contributed by atoms with E-state index < -0.39 is 16.9 Å². The number of hydrogen-bond acceptors (Lipinski definition) is 6. The molecule has 2 atom stereocenters. The number of anilines is 2. The third-order valence-electron chi connectivity index (χ3n) is 3.60. The summed E-state index contributed by atoms with van der Waals surface area (Å²) in [5, 5.41) is 13.1. The Morgan fingerprint density at radius 3 is 2.89 bits per heavy atom. The van der Waals surface area contributed by atoms with Crippen LogP contribution < -0.4 is 22.3 Å². The van der Waals surface area contributed by atoms with E-state index in [0.29, 0.717) is 13.0 Å². The van der Waals surface area contributed by atoms with Crippen LogP contribution in [0.3, 0.4) is 0 Å². The SMILES string of the molecule is CC1OCCC1(O)CNc1c(N)n(C)c(=O)[nH]c1=O. The molecule has 2 unspecified atom stereocenters. The van der Waals surface area contributed by atoms with Crippen LogP contribution >= 0.6 is 0 Å². The maximum Gasteiger partial charge on any atom is 0.329 e. The summed E-state index contributed by atoms with van der Waals surface area (Å²) in [6.45, 7) is 2.36. The number of aromatic amines is 1. The molecule has 0 aromatic carbocycles. The Hall–Kier alpha value is -1.80. The molecular formula is C11H18N4O4. The first-order valence-electron chi connectivity index (χ1n) is 6.02. The van der Waals surface area contributed by atoms with Gasteiger partial charge in [-0.15, -0.1) is 0 Å². The summed E-state index contributed by atoms with van der Waals surface area (Å²) < 4.78 is 6.43. The van der Waals surface area contributed by atoms with Crippen LogP contribution in [0.1, 0.15) is 13.3 Å². The van der Waals surface area contributed by atoms with Crippen molar-refractivity contribution in [2.75, 3.05) is 24.2 Å². The molecule has 19 heavy (non-hydrogen) atoms. The number of nitrogens with one attached hydrogen (secondary N) is 2. The number of hydrogen-bond donors (Lipinski definition) is 4. The normalized spacial score (nSPS) is 26.6. The Balaban J connectivity index is 2.23. The van der Waals surface area contributed by atoms with Crippen molar-refractivity contribution in [1.29, 1.82) is 0 Å². The molecule has 1 aromatic rings. The minimum atomic E-state index is -1.05. The number of nitrogens with zero attached hydrogens (tertiary/aromatic N) is 1. The summed E-state index contributed by atoms with van der Waals surface area (Å²) in [6, 6.07) is 0.